The van der Waals surface area contributed by atoms with Crippen molar-refractivity contribution in [1.82, 2.24) is 5.32 Å². The van der Waals surface area contributed by atoms with Gasteiger partial charge in [-0.3, -0.25) is 0 Å². The van der Waals surface area contributed by atoms with E-state index in [-0.39, 0.29) is 0 Å². The second-order valence-electron chi connectivity index (χ2n) is 4.45. The Balaban J connectivity index is 2.34. The van der Waals surface area contributed by atoms with Crippen molar-refractivity contribution in [1.29, 1.82) is 0 Å². The highest BCUT2D eigenvalue weighted by Crippen LogP contribution is 2.07. The summed E-state index contributed by atoms with van der Waals surface area (Å²) in [6.45, 7) is 7.72. The number of nitrogens with zero attached hydrogens (tertiary/aromatic N) is 1. The molecule has 0 amide bonds. The summed E-state index contributed by atoms with van der Waals surface area (Å²) < 4.78 is 0. The van der Waals surface area contributed by atoms with Crippen LogP contribution in [-0.4, -0.2) is 24.9 Å². The SMILES string of the molecule is CC#C/C(=N\OCC1CCCCN1)C(C)C. The lowest BCUT2D eigenvalue weighted by Gasteiger charge is -2.21. The molecule has 0 radical (unpaired) electrons. The minimum Gasteiger partial charge on any atom is -0.393 e. The van der Waals surface area contributed by atoms with E-state index in [0.29, 0.717) is 18.6 Å². The van der Waals surface area contributed by atoms with Crippen LogP contribution >= 0.6 is 0 Å². The number of oxime groups is 1. The van der Waals surface area contributed by atoms with E-state index < -0.39 is 0 Å². The molecule has 0 bridgehead atoms. The predicted octanol–water partition coefficient (Wildman–Crippen LogP) is 2.18. The maximum absolute atomic E-state index is 5.37. The van der Waals surface area contributed by atoms with Crippen molar-refractivity contribution in [2.24, 2.45) is 11.1 Å². The van der Waals surface area contributed by atoms with Gasteiger partial charge in [0, 0.05) is 12.0 Å². The van der Waals surface area contributed by atoms with Gasteiger partial charge in [-0.15, -0.1) is 0 Å². The normalized spacial score (nSPS) is 21.5. The van der Waals surface area contributed by atoms with Gasteiger partial charge in [-0.05, 0) is 32.2 Å². The average Bonchev–Trinajstić information content (AvgIpc) is 2.29. The first kappa shape index (κ1) is 13.1. The molecular weight excluding hydrogens is 200 g/mol. The minimum atomic E-state index is 0.326. The summed E-state index contributed by atoms with van der Waals surface area (Å²) in [7, 11) is 0. The van der Waals surface area contributed by atoms with E-state index in [4.69, 9.17) is 4.84 Å². The van der Waals surface area contributed by atoms with E-state index in [0.717, 1.165) is 12.3 Å². The molecule has 1 N–H and O–H groups in total. The Labute approximate surface area is 98.6 Å². The Morgan fingerprint density at radius 1 is 1.50 bits per heavy atom. The van der Waals surface area contributed by atoms with Crippen LogP contribution in [0.2, 0.25) is 0 Å². The van der Waals surface area contributed by atoms with Gasteiger partial charge in [0.05, 0.1) is 0 Å². The Hall–Kier alpha value is -1.01. The molecule has 1 rings (SSSR count). The summed E-state index contributed by atoms with van der Waals surface area (Å²) in [5, 5.41) is 7.53. The zero-order valence-electron chi connectivity index (χ0n) is 10.5. The van der Waals surface area contributed by atoms with Gasteiger partial charge in [-0.2, -0.15) is 0 Å². The van der Waals surface area contributed by atoms with Crippen LogP contribution in [0.3, 0.4) is 0 Å². The molecule has 1 aliphatic heterocycles. The van der Waals surface area contributed by atoms with Gasteiger partial charge in [0.2, 0.25) is 0 Å². The Kier molecular flexibility index (Phi) is 5.95. The lowest BCUT2D eigenvalue weighted by Crippen LogP contribution is -2.37. The number of rotatable bonds is 4. The first-order valence-electron chi connectivity index (χ1n) is 6.10. The summed E-state index contributed by atoms with van der Waals surface area (Å²) >= 11 is 0. The Morgan fingerprint density at radius 2 is 2.31 bits per heavy atom. The predicted molar refractivity (Wildman–Crippen MR) is 67.3 cm³/mol. The smallest absolute Gasteiger partial charge is 0.132 e. The summed E-state index contributed by atoms with van der Waals surface area (Å²) in [5.74, 6) is 6.16. The van der Waals surface area contributed by atoms with Gasteiger partial charge in [0.1, 0.15) is 12.3 Å². The highest BCUT2D eigenvalue weighted by atomic mass is 16.6. The van der Waals surface area contributed by atoms with Gasteiger partial charge in [-0.25, -0.2) is 0 Å². The first-order chi connectivity index (χ1) is 7.74. The molecule has 1 atom stereocenters. The maximum atomic E-state index is 5.37. The van der Waals surface area contributed by atoms with Crippen LogP contribution in [0.5, 0.6) is 0 Å². The third-order valence-electron chi connectivity index (χ3n) is 2.65. The largest absolute Gasteiger partial charge is 0.393 e. The molecule has 1 aliphatic rings. The average molecular weight is 222 g/mol. The summed E-state index contributed by atoms with van der Waals surface area (Å²) in [6.07, 6.45) is 3.75. The van der Waals surface area contributed by atoms with Gasteiger partial charge < -0.3 is 10.2 Å². The van der Waals surface area contributed by atoms with Crippen LogP contribution in [0.25, 0.3) is 0 Å². The highest BCUT2D eigenvalue weighted by molar-refractivity contribution is 6.01. The van der Waals surface area contributed by atoms with Crippen LogP contribution in [0.4, 0.5) is 0 Å². The maximum Gasteiger partial charge on any atom is 0.132 e. The molecule has 3 heteroatoms. The van der Waals surface area contributed by atoms with Crippen LogP contribution in [0.1, 0.15) is 40.0 Å². The number of nitrogens with one attached hydrogen (secondary N) is 1. The van der Waals surface area contributed by atoms with E-state index in [2.05, 4.69) is 36.2 Å². The fraction of sp³-hybridized carbons (Fsp3) is 0.769. The molecular formula is C13H22N2O. The standard InChI is InChI=1S/C13H22N2O/c1-4-7-13(11(2)3)15-16-10-12-8-5-6-9-14-12/h11-12,14H,5-6,8-10H2,1-3H3/b15-13+. The van der Waals surface area contributed by atoms with Crippen molar-refractivity contribution in [3.63, 3.8) is 0 Å². The second-order valence-corrected chi connectivity index (χ2v) is 4.45. The van der Waals surface area contributed by atoms with Crippen LogP contribution in [-0.2, 0) is 4.84 Å². The van der Waals surface area contributed by atoms with Crippen molar-refractivity contribution in [3.05, 3.63) is 0 Å². The van der Waals surface area contributed by atoms with Crippen molar-refractivity contribution in [2.45, 2.75) is 46.1 Å². The van der Waals surface area contributed by atoms with Crippen molar-refractivity contribution in [2.75, 3.05) is 13.2 Å². The van der Waals surface area contributed by atoms with E-state index in [1.807, 2.05) is 6.92 Å². The fourth-order valence-electron chi connectivity index (χ4n) is 1.66. The van der Waals surface area contributed by atoms with Gasteiger partial charge >= 0.3 is 0 Å². The van der Waals surface area contributed by atoms with Crippen LogP contribution in [0.15, 0.2) is 5.16 Å². The number of hydrogen-bond donors (Lipinski definition) is 1. The summed E-state index contributed by atoms with van der Waals surface area (Å²) in [6, 6.07) is 0.459. The second kappa shape index (κ2) is 7.29. The molecule has 1 unspecified atom stereocenters. The number of hydrogen-bond acceptors (Lipinski definition) is 3. The van der Waals surface area contributed by atoms with Crippen molar-refractivity contribution >= 4 is 5.71 Å². The molecule has 3 nitrogen and oxygen atoms in total. The molecule has 0 aromatic carbocycles. The topological polar surface area (TPSA) is 33.6 Å². The van der Waals surface area contributed by atoms with Crippen LogP contribution in [0, 0.1) is 17.8 Å². The Morgan fingerprint density at radius 3 is 2.88 bits per heavy atom. The minimum absolute atomic E-state index is 0.326. The molecule has 90 valence electrons. The lowest BCUT2D eigenvalue weighted by atomic mass is 10.1. The van der Waals surface area contributed by atoms with E-state index in [1.54, 1.807) is 0 Å². The van der Waals surface area contributed by atoms with E-state index in [9.17, 15) is 0 Å². The number of piperidine rings is 1. The van der Waals surface area contributed by atoms with Crippen molar-refractivity contribution < 1.29 is 4.84 Å². The zero-order valence-corrected chi connectivity index (χ0v) is 10.5. The molecule has 0 aromatic rings. The first-order valence-corrected chi connectivity index (χ1v) is 6.10. The van der Waals surface area contributed by atoms with Gasteiger partial charge in [-0.1, -0.05) is 31.3 Å². The molecule has 1 heterocycles. The van der Waals surface area contributed by atoms with E-state index >= 15 is 0 Å². The zero-order chi connectivity index (χ0) is 11.8. The molecule has 0 aromatic heterocycles. The summed E-state index contributed by atoms with van der Waals surface area (Å²) in [5.41, 5.74) is 0.832. The highest BCUT2D eigenvalue weighted by Gasteiger charge is 2.12. The third kappa shape index (κ3) is 4.67. The van der Waals surface area contributed by atoms with Crippen LogP contribution < -0.4 is 5.32 Å². The molecule has 0 saturated carbocycles. The third-order valence-corrected chi connectivity index (χ3v) is 2.65. The quantitative estimate of drug-likeness (QED) is 0.449. The molecule has 1 saturated heterocycles. The molecule has 1 fully saturated rings. The van der Waals surface area contributed by atoms with E-state index in [1.165, 1.54) is 19.3 Å². The van der Waals surface area contributed by atoms with Crippen molar-refractivity contribution in [3.8, 4) is 11.8 Å². The fourth-order valence-corrected chi connectivity index (χ4v) is 1.66. The molecule has 0 spiro atoms. The summed E-state index contributed by atoms with van der Waals surface area (Å²) in [4.78, 5) is 5.37. The van der Waals surface area contributed by atoms with Gasteiger partial charge in [0.25, 0.3) is 0 Å². The molecule has 0 aliphatic carbocycles. The molecule has 16 heavy (non-hydrogen) atoms. The monoisotopic (exact) mass is 222 g/mol. The van der Waals surface area contributed by atoms with Gasteiger partial charge in [0.15, 0.2) is 0 Å². The Bertz CT molecular complexity index is 280. The lowest BCUT2D eigenvalue weighted by molar-refractivity contribution is 0.110.